The van der Waals surface area contributed by atoms with Crippen molar-refractivity contribution in [3.05, 3.63) is 75.6 Å². The summed E-state index contributed by atoms with van der Waals surface area (Å²) in [7, 11) is 0. The smallest absolute Gasteiger partial charge is 0.339 e. The van der Waals surface area contributed by atoms with Crippen molar-refractivity contribution >= 4 is 16.9 Å². The minimum Gasteiger partial charge on any atom is -0.494 e. The Balaban J connectivity index is 1.34. The summed E-state index contributed by atoms with van der Waals surface area (Å²) in [6.07, 6.45) is 6.05. The molecule has 0 radical (unpaired) electrons. The molecule has 1 aromatic heterocycles. The van der Waals surface area contributed by atoms with E-state index in [2.05, 4.69) is 5.32 Å². The Kier molecular flexibility index (Phi) is 8.55. The van der Waals surface area contributed by atoms with Crippen LogP contribution in [0.5, 0.6) is 5.75 Å². The maximum absolute atomic E-state index is 12.5. The summed E-state index contributed by atoms with van der Waals surface area (Å²) in [5.74, 6) is -0.243. The summed E-state index contributed by atoms with van der Waals surface area (Å²) in [4.78, 5) is 24.9. The second-order valence-electron chi connectivity index (χ2n) is 9.44. The standard InChI is InChI=1S/C28H34N2O5/c1-19-5-9-21-17-23(28(32)35-26(21)16-19)18-22(27(31)30-33)10-6-20-7-11-25(12-8-20)34-15-13-24-4-2-3-14-29-24/h5,7-9,11-12,16-17,22,24,29,33H,2-4,6,10,13-15,18H2,1H3,(H,30,31). The van der Waals surface area contributed by atoms with Crippen LogP contribution in [0.3, 0.4) is 0 Å². The second kappa shape index (κ2) is 12.0. The van der Waals surface area contributed by atoms with Gasteiger partial charge in [0.15, 0.2) is 0 Å². The number of aryl methyl sites for hydroxylation is 2. The van der Waals surface area contributed by atoms with E-state index in [0.717, 1.165) is 35.2 Å². The molecule has 1 aliphatic heterocycles. The highest BCUT2D eigenvalue weighted by molar-refractivity contribution is 5.79. The number of carbonyl (C=O) groups is 1. The Morgan fingerprint density at radius 3 is 2.77 bits per heavy atom. The van der Waals surface area contributed by atoms with Crippen LogP contribution in [0.25, 0.3) is 11.0 Å². The Bertz CT molecular complexity index is 1180. The first-order valence-corrected chi connectivity index (χ1v) is 12.4. The van der Waals surface area contributed by atoms with Gasteiger partial charge in [-0.2, -0.15) is 0 Å². The molecule has 3 aromatic rings. The third-order valence-electron chi connectivity index (χ3n) is 6.76. The zero-order valence-electron chi connectivity index (χ0n) is 20.2. The number of ether oxygens (including phenoxy) is 1. The van der Waals surface area contributed by atoms with E-state index in [9.17, 15) is 14.8 Å². The van der Waals surface area contributed by atoms with E-state index in [1.54, 1.807) is 11.5 Å². The molecule has 7 nitrogen and oxygen atoms in total. The van der Waals surface area contributed by atoms with Gasteiger partial charge in [-0.15, -0.1) is 0 Å². The summed E-state index contributed by atoms with van der Waals surface area (Å²) in [6, 6.07) is 15.9. The molecule has 4 rings (SSSR count). The van der Waals surface area contributed by atoms with E-state index < -0.39 is 17.5 Å². The number of hydrogen-bond donors (Lipinski definition) is 3. The molecule has 0 spiro atoms. The highest BCUT2D eigenvalue weighted by atomic mass is 16.5. The third-order valence-corrected chi connectivity index (χ3v) is 6.76. The molecule has 2 aromatic carbocycles. The zero-order chi connectivity index (χ0) is 24.6. The summed E-state index contributed by atoms with van der Waals surface area (Å²) >= 11 is 0. The average Bonchev–Trinajstić information content (AvgIpc) is 2.88. The molecule has 1 saturated heterocycles. The quantitative estimate of drug-likeness (QED) is 0.228. The van der Waals surface area contributed by atoms with E-state index in [-0.39, 0.29) is 6.42 Å². The van der Waals surface area contributed by atoms with E-state index in [1.165, 1.54) is 19.3 Å². The van der Waals surface area contributed by atoms with Crippen LogP contribution in [0.2, 0.25) is 0 Å². The van der Waals surface area contributed by atoms with E-state index >= 15 is 0 Å². The zero-order valence-corrected chi connectivity index (χ0v) is 20.2. The lowest BCUT2D eigenvalue weighted by molar-refractivity contribution is -0.133. The lowest BCUT2D eigenvalue weighted by Gasteiger charge is -2.23. The van der Waals surface area contributed by atoms with Gasteiger partial charge in [-0.3, -0.25) is 10.0 Å². The number of fused-ring (bicyclic) bond motifs is 1. The van der Waals surface area contributed by atoms with Gasteiger partial charge in [-0.05, 0) is 87.4 Å². The number of amides is 1. The Labute approximate surface area is 205 Å². The van der Waals surface area contributed by atoms with Crippen molar-refractivity contribution in [3.8, 4) is 5.75 Å². The molecule has 35 heavy (non-hydrogen) atoms. The first-order chi connectivity index (χ1) is 17.0. The molecule has 0 saturated carbocycles. The van der Waals surface area contributed by atoms with Gasteiger partial charge in [0.2, 0.25) is 5.91 Å². The molecule has 7 heteroatoms. The van der Waals surface area contributed by atoms with Crippen molar-refractivity contribution < 1.29 is 19.2 Å². The summed E-state index contributed by atoms with van der Waals surface area (Å²) in [6.45, 7) is 3.71. The van der Waals surface area contributed by atoms with Gasteiger partial charge in [-0.1, -0.05) is 30.7 Å². The third kappa shape index (κ3) is 6.93. The van der Waals surface area contributed by atoms with Crippen LogP contribution in [0.1, 0.15) is 48.8 Å². The number of rotatable bonds is 10. The Morgan fingerprint density at radius 2 is 2.03 bits per heavy atom. The molecular formula is C28H34N2O5. The molecule has 186 valence electrons. The number of hydroxylamine groups is 1. The molecular weight excluding hydrogens is 444 g/mol. The number of benzene rings is 2. The molecule has 2 atom stereocenters. The molecule has 3 N–H and O–H groups in total. The monoisotopic (exact) mass is 478 g/mol. The van der Waals surface area contributed by atoms with Crippen LogP contribution in [-0.2, 0) is 17.6 Å². The predicted octanol–water partition coefficient (Wildman–Crippen LogP) is 4.31. The fourth-order valence-electron chi connectivity index (χ4n) is 4.67. The summed E-state index contributed by atoms with van der Waals surface area (Å²) in [5.41, 5.74) is 4.30. The second-order valence-corrected chi connectivity index (χ2v) is 9.44. The lowest BCUT2D eigenvalue weighted by atomic mass is 9.92. The maximum Gasteiger partial charge on any atom is 0.339 e. The van der Waals surface area contributed by atoms with Crippen molar-refractivity contribution in [2.45, 2.75) is 57.9 Å². The normalized spacial score (nSPS) is 16.7. The molecule has 0 aliphatic carbocycles. The maximum atomic E-state index is 12.5. The topological polar surface area (TPSA) is 101 Å². The largest absolute Gasteiger partial charge is 0.494 e. The van der Waals surface area contributed by atoms with Crippen molar-refractivity contribution in [2.24, 2.45) is 5.92 Å². The molecule has 0 bridgehead atoms. The van der Waals surface area contributed by atoms with E-state index in [0.29, 0.717) is 36.6 Å². The lowest BCUT2D eigenvalue weighted by Crippen LogP contribution is -2.35. The number of hydrogen-bond acceptors (Lipinski definition) is 6. The highest BCUT2D eigenvalue weighted by Gasteiger charge is 2.21. The highest BCUT2D eigenvalue weighted by Crippen LogP contribution is 2.21. The van der Waals surface area contributed by atoms with Crippen molar-refractivity contribution in [3.63, 3.8) is 0 Å². The first-order valence-electron chi connectivity index (χ1n) is 12.4. The Morgan fingerprint density at radius 1 is 1.20 bits per heavy atom. The molecule has 2 heterocycles. The van der Waals surface area contributed by atoms with Crippen molar-refractivity contribution in [1.29, 1.82) is 0 Å². The predicted molar refractivity (Wildman–Crippen MR) is 135 cm³/mol. The number of piperidine rings is 1. The van der Waals surface area contributed by atoms with Crippen molar-refractivity contribution in [2.75, 3.05) is 13.2 Å². The summed E-state index contributed by atoms with van der Waals surface area (Å²) < 4.78 is 11.4. The first kappa shape index (κ1) is 24.9. The van der Waals surface area contributed by atoms with Crippen LogP contribution in [0.4, 0.5) is 0 Å². The summed E-state index contributed by atoms with van der Waals surface area (Å²) in [5, 5.41) is 13.6. The average molecular weight is 479 g/mol. The fourth-order valence-corrected chi connectivity index (χ4v) is 4.67. The SMILES string of the molecule is Cc1ccc2cc(CC(CCc3ccc(OCCC4CCCCN4)cc3)C(=O)NO)c(=O)oc2c1. The van der Waals surface area contributed by atoms with Crippen LogP contribution in [0, 0.1) is 12.8 Å². The number of nitrogens with one attached hydrogen (secondary N) is 2. The van der Waals surface area contributed by atoms with Gasteiger partial charge < -0.3 is 14.5 Å². The van der Waals surface area contributed by atoms with Crippen molar-refractivity contribution in [1.82, 2.24) is 10.8 Å². The minimum atomic E-state index is -0.565. The van der Waals surface area contributed by atoms with E-state index in [1.807, 2.05) is 49.4 Å². The fraction of sp³-hybridized carbons (Fsp3) is 0.429. The van der Waals surface area contributed by atoms with Crippen LogP contribution in [0.15, 0.2) is 57.7 Å². The minimum absolute atomic E-state index is 0.189. The van der Waals surface area contributed by atoms with Gasteiger partial charge in [0, 0.05) is 22.9 Å². The van der Waals surface area contributed by atoms with Crippen LogP contribution < -0.4 is 21.2 Å². The molecule has 1 aliphatic rings. The molecule has 2 unspecified atom stereocenters. The molecule has 1 amide bonds. The molecule has 1 fully saturated rings. The van der Waals surface area contributed by atoms with Crippen LogP contribution >= 0.6 is 0 Å². The van der Waals surface area contributed by atoms with Gasteiger partial charge in [-0.25, -0.2) is 10.3 Å². The van der Waals surface area contributed by atoms with Gasteiger partial charge in [0.05, 0.1) is 6.61 Å². The van der Waals surface area contributed by atoms with Gasteiger partial charge in [0.1, 0.15) is 11.3 Å². The Hall–Kier alpha value is -3.16. The van der Waals surface area contributed by atoms with Gasteiger partial charge >= 0.3 is 5.63 Å². The van der Waals surface area contributed by atoms with Crippen LogP contribution in [-0.4, -0.2) is 30.3 Å². The number of carbonyl (C=O) groups excluding carboxylic acids is 1. The van der Waals surface area contributed by atoms with E-state index in [4.69, 9.17) is 9.15 Å². The van der Waals surface area contributed by atoms with Gasteiger partial charge in [0.25, 0.3) is 0 Å².